The van der Waals surface area contributed by atoms with Crippen molar-refractivity contribution in [3.05, 3.63) is 81.8 Å². The zero-order valence-corrected chi connectivity index (χ0v) is 26.1. The van der Waals surface area contributed by atoms with Crippen molar-refractivity contribution in [1.29, 1.82) is 0 Å². The molecule has 0 heterocycles. The van der Waals surface area contributed by atoms with Crippen LogP contribution in [-0.4, -0.2) is 25.5 Å². The van der Waals surface area contributed by atoms with Crippen LogP contribution in [0.25, 0.3) is 10.8 Å². The zero-order chi connectivity index (χ0) is 28.3. The summed E-state index contributed by atoms with van der Waals surface area (Å²) in [4.78, 5) is 12.6. The number of rotatable bonds is 8. The van der Waals surface area contributed by atoms with E-state index in [0.29, 0.717) is 45.8 Å². The predicted octanol–water partition coefficient (Wildman–Crippen LogP) is 4.10. The number of aryl methyl sites for hydroxylation is 1. The normalized spacial score (nSPS) is 11.4. The third kappa shape index (κ3) is 7.13. The molecule has 0 aliphatic heterocycles. The van der Waals surface area contributed by atoms with E-state index in [1.54, 1.807) is 50.2 Å². The number of azo groups is 1. The maximum absolute atomic E-state index is 13.5. The summed E-state index contributed by atoms with van der Waals surface area (Å²) >= 11 is 12.3. The van der Waals surface area contributed by atoms with Crippen LogP contribution in [0.3, 0.4) is 0 Å². The largest absolute Gasteiger partial charge is 1.00 e. The Bertz CT molecular complexity index is 1730. The molecule has 4 aromatic carbocycles. The fraction of sp³-hybridized carbons (Fsp3) is 0.148. The molecule has 0 spiro atoms. The number of carbonyl (C=O) groups excluding carboxylic acids is 1. The van der Waals surface area contributed by atoms with Crippen molar-refractivity contribution in [2.75, 3.05) is 11.9 Å². The SMILES string of the molecule is CCOc1cc(Cl)cc(NC(=O)c2cc3ccccc3c(N=Nc3cc(CC)c(Cl)cc3S(=O)(=O)O)c2[O-])c1.[Na+]. The number of benzene rings is 4. The van der Waals surface area contributed by atoms with Gasteiger partial charge in [-0.15, -0.1) is 5.11 Å². The second-order valence-corrected chi connectivity index (χ2v) is 10.6. The minimum Gasteiger partial charge on any atom is -0.870 e. The summed E-state index contributed by atoms with van der Waals surface area (Å²) < 4.78 is 39.1. The second-order valence-electron chi connectivity index (χ2n) is 8.33. The number of nitrogens with zero attached hydrogens (tertiary/aromatic N) is 2. The van der Waals surface area contributed by atoms with E-state index in [9.17, 15) is 22.9 Å². The summed E-state index contributed by atoms with van der Waals surface area (Å²) in [5, 5.41) is 25.6. The standard InChI is InChI=1S/C27H23Cl2N3O6S.Na/c1-3-15-10-23(24(14-22(15)29)39(35,36)37)31-32-25-20-8-6-5-7-16(20)9-21(26(25)33)27(34)30-18-11-17(28)12-19(13-18)38-4-2;/h5-14,33H,3-4H2,1-2H3,(H,30,34)(H,35,36,37);/q;+1/p-1. The monoisotopic (exact) mass is 609 g/mol. The molecule has 0 aliphatic carbocycles. The number of hydrogen-bond acceptors (Lipinski definition) is 7. The Morgan fingerprint density at radius 3 is 2.45 bits per heavy atom. The Morgan fingerprint density at radius 2 is 1.77 bits per heavy atom. The molecule has 13 heteroatoms. The Kier molecular flexibility index (Phi) is 10.6. The molecule has 0 aliphatic rings. The molecule has 0 bridgehead atoms. The minimum absolute atomic E-state index is 0. The average molecular weight is 610 g/mol. The van der Waals surface area contributed by atoms with Crippen molar-refractivity contribution in [3.8, 4) is 11.5 Å². The maximum atomic E-state index is 13.5. The summed E-state index contributed by atoms with van der Waals surface area (Å²) in [6, 6.07) is 15.3. The van der Waals surface area contributed by atoms with E-state index in [2.05, 4.69) is 15.5 Å². The van der Waals surface area contributed by atoms with Gasteiger partial charge < -0.3 is 15.2 Å². The van der Waals surface area contributed by atoms with Gasteiger partial charge in [0.1, 0.15) is 16.3 Å². The Balaban J connectivity index is 0.00000441. The van der Waals surface area contributed by atoms with Gasteiger partial charge in [-0.1, -0.05) is 60.1 Å². The van der Waals surface area contributed by atoms with Gasteiger partial charge in [-0.3, -0.25) is 9.35 Å². The van der Waals surface area contributed by atoms with Crippen LogP contribution in [0.5, 0.6) is 11.5 Å². The molecule has 1 amide bonds. The third-order valence-electron chi connectivity index (χ3n) is 5.70. The van der Waals surface area contributed by atoms with Gasteiger partial charge in [-0.05, 0) is 54.6 Å². The molecule has 4 rings (SSSR count). The Labute approximate surface area is 263 Å². The van der Waals surface area contributed by atoms with Crippen molar-refractivity contribution in [2.24, 2.45) is 10.2 Å². The van der Waals surface area contributed by atoms with Crippen molar-refractivity contribution in [1.82, 2.24) is 0 Å². The fourth-order valence-corrected chi connectivity index (χ4v) is 5.13. The quantitative estimate of drug-likeness (QED) is 0.175. The van der Waals surface area contributed by atoms with Gasteiger partial charge in [-0.25, -0.2) is 0 Å². The van der Waals surface area contributed by atoms with E-state index < -0.39 is 26.7 Å². The summed E-state index contributed by atoms with van der Waals surface area (Å²) in [5.41, 5.74) is 0.262. The fourth-order valence-electron chi connectivity index (χ4n) is 3.91. The number of amides is 1. The topological polar surface area (TPSA) is 140 Å². The number of ether oxygens (including phenoxy) is 1. The number of hydrogen-bond donors (Lipinski definition) is 2. The van der Waals surface area contributed by atoms with Gasteiger partial charge in [0, 0.05) is 32.7 Å². The van der Waals surface area contributed by atoms with Gasteiger partial charge in [0.2, 0.25) is 0 Å². The molecule has 9 nitrogen and oxygen atoms in total. The number of nitrogens with one attached hydrogen (secondary N) is 1. The van der Waals surface area contributed by atoms with Crippen LogP contribution in [0.4, 0.5) is 17.1 Å². The first-order chi connectivity index (χ1) is 18.5. The van der Waals surface area contributed by atoms with Gasteiger partial charge in [0.05, 0.1) is 12.3 Å². The van der Waals surface area contributed by atoms with Gasteiger partial charge >= 0.3 is 29.6 Å². The van der Waals surface area contributed by atoms with Crippen molar-refractivity contribution < 1.29 is 57.2 Å². The molecule has 202 valence electrons. The van der Waals surface area contributed by atoms with Crippen LogP contribution in [-0.2, 0) is 16.5 Å². The molecule has 4 aromatic rings. The summed E-state index contributed by atoms with van der Waals surface area (Å²) in [7, 11) is -4.71. The molecular weight excluding hydrogens is 588 g/mol. The van der Waals surface area contributed by atoms with Crippen molar-refractivity contribution in [2.45, 2.75) is 25.2 Å². The van der Waals surface area contributed by atoms with E-state index >= 15 is 0 Å². The first-order valence-electron chi connectivity index (χ1n) is 11.7. The molecule has 40 heavy (non-hydrogen) atoms. The van der Waals surface area contributed by atoms with Crippen LogP contribution < -0.4 is 44.7 Å². The van der Waals surface area contributed by atoms with Crippen LogP contribution in [0.2, 0.25) is 10.0 Å². The first-order valence-corrected chi connectivity index (χ1v) is 13.9. The Morgan fingerprint density at radius 1 is 1.05 bits per heavy atom. The Hall–Kier alpha value is -2.70. The third-order valence-corrected chi connectivity index (χ3v) is 7.16. The molecule has 2 N–H and O–H groups in total. The van der Waals surface area contributed by atoms with Crippen molar-refractivity contribution >= 4 is 67.1 Å². The van der Waals surface area contributed by atoms with Gasteiger partial charge in [0.25, 0.3) is 16.0 Å². The number of anilines is 1. The van der Waals surface area contributed by atoms with Gasteiger partial charge in [0.15, 0.2) is 0 Å². The molecule has 0 aromatic heterocycles. The second kappa shape index (κ2) is 13.3. The minimum atomic E-state index is -4.71. The first kappa shape index (κ1) is 31.8. The van der Waals surface area contributed by atoms with Gasteiger partial charge in [-0.2, -0.15) is 13.5 Å². The molecule has 0 radical (unpaired) electrons. The number of fused-ring (bicyclic) bond motifs is 1. The molecule has 0 unspecified atom stereocenters. The van der Waals surface area contributed by atoms with Crippen LogP contribution in [0.1, 0.15) is 29.8 Å². The summed E-state index contributed by atoms with van der Waals surface area (Å²) in [5.74, 6) is -1.01. The maximum Gasteiger partial charge on any atom is 1.00 e. The van der Waals surface area contributed by atoms with E-state index in [4.69, 9.17) is 27.9 Å². The number of halogens is 2. The van der Waals surface area contributed by atoms with Crippen LogP contribution >= 0.6 is 23.2 Å². The molecule has 0 fully saturated rings. The van der Waals surface area contributed by atoms with Crippen LogP contribution in [0, 0.1) is 0 Å². The van der Waals surface area contributed by atoms with E-state index in [1.165, 1.54) is 18.2 Å². The molecular formula is C27H22Cl2N3NaO6S. The summed E-state index contributed by atoms with van der Waals surface area (Å²) in [6.07, 6.45) is 0.451. The van der Waals surface area contributed by atoms with E-state index in [1.807, 2.05) is 0 Å². The molecule has 0 saturated heterocycles. The van der Waals surface area contributed by atoms with Crippen LogP contribution in [0.15, 0.2) is 75.8 Å². The number of carbonyl (C=O) groups is 1. The smallest absolute Gasteiger partial charge is 0.870 e. The zero-order valence-electron chi connectivity index (χ0n) is 21.7. The molecule has 0 saturated carbocycles. The van der Waals surface area contributed by atoms with Crippen molar-refractivity contribution in [3.63, 3.8) is 0 Å². The molecule has 0 atom stereocenters. The van der Waals surface area contributed by atoms with E-state index in [0.717, 1.165) is 6.07 Å². The average Bonchev–Trinajstić information content (AvgIpc) is 2.87. The van der Waals surface area contributed by atoms with E-state index in [-0.39, 0.29) is 51.5 Å². The predicted molar refractivity (Wildman–Crippen MR) is 149 cm³/mol. The summed E-state index contributed by atoms with van der Waals surface area (Å²) in [6.45, 7) is 4.00.